The predicted octanol–water partition coefficient (Wildman–Crippen LogP) is 4.69. The average Bonchev–Trinajstić information content (AvgIpc) is 2.90. The molecule has 20 heavy (non-hydrogen) atoms. The third kappa shape index (κ3) is 4.23. The third-order valence-corrected chi connectivity index (χ3v) is 4.50. The maximum Gasteiger partial charge on any atom is 0.119 e. The number of methoxy groups -OCH3 is 1. The molecule has 1 aromatic heterocycles. The molecule has 0 saturated heterocycles. The van der Waals surface area contributed by atoms with Crippen LogP contribution in [0.3, 0.4) is 0 Å². The minimum Gasteiger partial charge on any atom is -0.497 e. The fraction of sp³-hybridized carbons (Fsp3) is 0.375. The molecular weight excluding hydrogens is 290 g/mol. The number of rotatable bonds is 7. The third-order valence-electron chi connectivity index (χ3n) is 3.15. The van der Waals surface area contributed by atoms with Gasteiger partial charge < -0.3 is 10.1 Å². The summed E-state index contributed by atoms with van der Waals surface area (Å²) in [6.45, 7) is 3.18. The fourth-order valence-corrected chi connectivity index (χ4v) is 3.28. The van der Waals surface area contributed by atoms with Crippen LogP contribution in [0, 0.1) is 0 Å². The second kappa shape index (κ2) is 7.67. The molecule has 0 spiro atoms. The Morgan fingerprint density at radius 3 is 2.80 bits per heavy atom. The van der Waals surface area contributed by atoms with Crippen molar-refractivity contribution in [2.24, 2.45) is 0 Å². The smallest absolute Gasteiger partial charge is 0.119 e. The second-order valence-electron chi connectivity index (χ2n) is 4.70. The number of hydrogen-bond acceptors (Lipinski definition) is 3. The van der Waals surface area contributed by atoms with Crippen molar-refractivity contribution in [2.45, 2.75) is 25.8 Å². The molecule has 1 aromatic carbocycles. The highest BCUT2D eigenvalue weighted by atomic mass is 35.5. The van der Waals surface area contributed by atoms with Gasteiger partial charge in [0.25, 0.3) is 0 Å². The van der Waals surface area contributed by atoms with Crippen LogP contribution in [0.2, 0.25) is 4.34 Å². The Balaban J connectivity index is 2.14. The fourth-order valence-electron chi connectivity index (χ4n) is 2.14. The molecule has 1 unspecified atom stereocenters. The van der Waals surface area contributed by atoms with E-state index in [1.165, 1.54) is 10.4 Å². The highest BCUT2D eigenvalue weighted by Crippen LogP contribution is 2.29. The summed E-state index contributed by atoms with van der Waals surface area (Å²) >= 11 is 7.71. The molecule has 2 nitrogen and oxygen atoms in total. The number of halogens is 1. The lowest BCUT2D eigenvalue weighted by molar-refractivity contribution is 0.414. The zero-order chi connectivity index (χ0) is 14.4. The van der Waals surface area contributed by atoms with Crippen molar-refractivity contribution in [1.29, 1.82) is 0 Å². The van der Waals surface area contributed by atoms with Crippen LogP contribution in [0.1, 0.15) is 29.8 Å². The number of benzene rings is 1. The van der Waals surface area contributed by atoms with E-state index in [9.17, 15) is 0 Å². The van der Waals surface area contributed by atoms with E-state index in [0.717, 1.165) is 29.5 Å². The van der Waals surface area contributed by atoms with Crippen LogP contribution >= 0.6 is 22.9 Å². The van der Waals surface area contributed by atoms with Crippen LogP contribution in [-0.2, 0) is 6.42 Å². The summed E-state index contributed by atoms with van der Waals surface area (Å²) < 4.78 is 6.13. The average molecular weight is 310 g/mol. The minimum absolute atomic E-state index is 0.305. The largest absolute Gasteiger partial charge is 0.497 e. The molecule has 0 fully saturated rings. The van der Waals surface area contributed by atoms with E-state index < -0.39 is 0 Å². The van der Waals surface area contributed by atoms with Gasteiger partial charge in [0.15, 0.2) is 0 Å². The zero-order valence-electron chi connectivity index (χ0n) is 11.9. The van der Waals surface area contributed by atoms with E-state index in [4.69, 9.17) is 16.3 Å². The van der Waals surface area contributed by atoms with Crippen LogP contribution in [0.5, 0.6) is 5.75 Å². The van der Waals surface area contributed by atoms with Crippen molar-refractivity contribution in [1.82, 2.24) is 5.32 Å². The summed E-state index contributed by atoms with van der Waals surface area (Å²) in [5.41, 5.74) is 1.27. The molecule has 108 valence electrons. The molecule has 4 heteroatoms. The summed E-state index contributed by atoms with van der Waals surface area (Å²) in [6, 6.07) is 12.6. The monoisotopic (exact) mass is 309 g/mol. The van der Waals surface area contributed by atoms with Gasteiger partial charge in [-0.1, -0.05) is 30.7 Å². The predicted molar refractivity (Wildman–Crippen MR) is 87.1 cm³/mol. The van der Waals surface area contributed by atoms with Gasteiger partial charge >= 0.3 is 0 Å². The quantitative estimate of drug-likeness (QED) is 0.801. The Morgan fingerprint density at radius 1 is 1.30 bits per heavy atom. The number of thiophene rings is 1. The van der Waals surface area contributed by atoms with Crippen LogP contribution < -0.4 is 10.1 Å². The molecular formula is C16H20ClNOS. The summed E-state index contributed by atoms with van der Waals surface area (Å²) in [6.07, 6.45) is 2.06. The molecule has 2 aromatic rings. The molecule has 1 atom stereocenters. The second-order valence-corrected chi connectivity index (χ2v) is 6.45. The lowest BCUT2D eigenvalue weighted by Crippen LogP contribution is -2.23. The van der Waals surface area contributed by atoms with Gasteiger partial charge in [-0.3, -0.25) is 0 Å². The first kappa shape index (κ1) is 15.4. The topological polar surface area (TPSA) is 21.3 Å². The first-order valence-corrected chi connectivity index (χ1v) is 8.04. The van der Waals surface area contributed by atoms with Gasteiger partial charge in [0.2, 0.25) is 0 Å². The summed E-state index contributed by atoms with van der Waals surface area (Å²) in [5, 5.41) is 3.60. The summed E-state index contributed by atoms with van der Waals surface area (Å²) in [5.74, 6) is 0.904. The van der Waals surface area contributed by atoms with Crippen molar-refractivity contribution < 1.29 is 4.74 Å². The first-order chi connectivity index (χ1) is 9.72. The number of hydrogen-bond donors (Lipinski definition) is 1. The van der Waals surface area contributed by atoms with Crippen molar-refractivity contribution >= 4 is 22.9 Å². The van der Waals surface area contributed by atoms with Crippen molar-refractivity contribution in [3.63, 3.8) is 0 Å². The molecule has 0 aliphatic carbocycles. The van der Waals surface area contributed by atoms with Crippen LogP contribution in [0.4, 0.5) is 0 Å². The Hall–Kier alpha value is -1.03. The van der Waals surface area contributed by atoms with Crippen LogP contribution in [-0.4, -0.2) is 13.7 Å². The molecule has 0 saturated carbocycles. The van der Waals surface area contributed by atoms with Gasteiger partial charge in [-0.05, 0) is 49.2 Å². The standard InChI is InChI=1S/C16H20ClNOS/c1-3-9-18-14(15-7-8-16(17)20-15)11-12-5-4-6-13(10-12)19-2/h4-8,10,14,18H,3,9,11H2,1-2H3. The van der Waals surface area contributed by atoms with Crippen LogP contribution in [0.15, 0.2) is 36.4 Å². The Morgan fingerprint density at radius 2 is 2.15 bits per heavy atom. The molecule has 1 heterocycles. The van der Waals surface area contributed by atoms with Gasteiger partial charge in [0, 0.05) is 10.9 Å². The molecule has 0 aliphatic rings. The normalized spacial score (nSPS) is 12.3. The van der Waals surface area contributed by atoms with Gasteiger partial charge in [0.1, 0.15) is 5.75 Å². The van der Waals surface area contributed by atoms with Gasteiger partial charge in [-0.15, -0.1) is 11.3 Å². The van der Waals surface area contributed by atoms with E-state index in [-0.39, 0.29) is 0 Å². The molecule has 2 rings (SSSR count). The Kier molecular flexibility index (Phi) is 5.89. The molecule has 1 N–H and O–H groups in total. The molecule has 0 bridgehead atoms. The van der Waals surface area contributed by atoms with E-state index >= 15 is 0 Å². The van der Waals surface area contributed by atoms with E-state index in [0.29, 0.717) is 6.04 Å². The summed E-state index contributed by atoms with van der Waals surface area (Å²) in [7, 11) is 1.70. The molecule has 0 aliphatic heterocycles. The zero-order valence-corrected chi connectivity index (χ0v) is 13.4. The van der Waals surface area contributed by atoms with Crippen molar-refractivity contribution in [3.8, 4) is 5.75 Å². The molecule has 0 amide bonds. The minimum atomic E-state index is 0.305. The van der Waals surface area contributed by atoms with Crippen molar-refractivity contribution in [2.75, 3.05) is 13.7 Å². The van der Waals surface area contributed by atoms with Gasteiger partial charge in [0.05, 0.1) is 11.4 Å². The van der Waals surface area contributed by atoms with Gasteiger partial charge in [-0.25, -0.2) is 0 Å². The van der Waals surface area contributed by atoms with Crippen LogP contribution in [0.25, 0.3) is 0 Å². The maximum absolute atomic E-state index is 6.06. The van der Waals surface area contributed by atoms with E-state index in [1.807, 2.05) is 18.2 Å². The first-order valence-electron chi connectivity index (χ1n) is 6.84. The SMILES string of the molecule is CCCNC(Cc1cccc(OC)c1)c1ccc(Cl)s1. The molecule has 0 radical (unpaired) electrons. The Bertz CT molecular complexity index is 541. The lowest BCUT2D eigenvalue weighted by Gasteiger charge is -2.17. The number of ether oxygens (including phenoxy) is 1. The Labute approximate surface area is 129 Å². The number of nitrogens with one attached hydrogen (secondary N) is 1. The summed E-state index contributed by atoms with van der Waals surface area (Å²) in [4.78, 5) is 1.28. The van der Waals surface area contributed by atoms with Gasteiger partial charge in [-0.2, -0.15) is 0 Å². The maximum atomic E-state index is 6.06. The highest BCUT2D eigenvalue weighted by molar-refractivity contribution is 7.16. The lowest BCUT2D eigenvalue weighted by atomic mass is 10.0. The van der Waals surface area contributed by atoms with E-state index in [1.54, 1.807) is 18.4 Å². The van der Waals surface area contributed by atoms with E-state index in [2.05, 4.69) is 30.4 Å². The highest BCUT2D eigenvalue weighted by Gasteiger charge is 2.14. The van der Waals surface area contributed by atoms with Crippen molar-refractivity contribution in [3.05, 3.63) is 51.2 Å².